The monoisotopic (exact) mass is 236 g/mol. The standard InChI is InChI=1S/C11H16N4O2/c1-6-9-10(17-3)7(8(16)4-12)5-13-11(9)15(2)14-6/h5,8,16H,4,12H2,1-3H3. The van der Waals surface area contributed by atoms with Gasteiger partial charge in [-0.3, -0.25) is 4.68 Å². The highest BCUT2D eigenvalue weighted by Crippen LogP contribution is 2.33. The number of hydrogen-bond donors (Lipinski definition) is 2. The Morgan fingerprint density at radius 1 is 1.59 bits per heavy atom. The molecule has 2 aromatic rings. The minimum absolute atomic E-state index is 0.128. The summed E-state index contributed by atoms with van der Waals surface area (Å²) >= 11 is 0. The predicted octanol–water partition coefficient (Wildman–Crippen LogP) is 0.277. The smallest absolute Gasteiger partial charge is 0.161 e. The first-order valence-corrected chi connectivity index (χ1v) is 5.34. The van der Waals surface area contributed by atoms with Gasteiger partial charge < -0.3 is 15.6 Å². The first-order valence-electron chi connectivity index (χ1n) is 5.34. The number of aliphatic hydroxyl groups is 1. The molecule has 0 bridgehead atoms. The zero-order chi connectivity index (χ0) is 12.6. The Kier molecular flexibility index (Phi) is 2.99. The fourth-order valence-electron chi connectivity index (χ4n) is 1.98. The van der Waals surface area contributed by atoms with Crippen molar-refractivity contribution in [2.75, 3.05) is 13.7 Å². The lowest BCUT2D eigenvalue weighted by Crippen LogP contribution is -2.13. The molecule has 6 heteroatoms. The van der Waals surface area contributed by atoms with Crippen LogP contribution in [0.25, 0.3) is 11.0 Å². The van der Waals surface area contributed by atoms with Crippen LogP contribution in [0.2, 0.25) is 0 Å². The van der Waals surface area contributed by atoms with Gasteiger partial charge >= 0.3 is 0 Å². The van der Waals surface area contributed by atoms with Crippen LogP contribution in [-0.4, -0.2) is 33.5 Å². The van der Waals surface area contributed by atoms with Crippen LogP contribution in [0.15, 0.2) is 6.20 Å². The van der Waals surface area contributed by atoms with Crippen LogP contribution in [0.5, 0.6) is 5.75 Å². The summed E-state index contributed by atoms with van der Waals surface area (Å²) in [5.74, 6) is 0.596. The van der Waals surface area contributed by atoms with E-state index in [1.807, 2.05) is 14.0 Å². The van der Waals surface area contributed by atoms with Crippen molar-refractivity contribution < 1.29 is 9.84 Å². The van der Waals surface area contributed by atoms with Gasteiger partial charge in [-0.05, 0) is 6.92 Å². The number of aromatic nitrogens is 3. The number of nitrogens with zero attached hydrogens (tertiary/aromatic N) is 3. The maximum atomic E-state index is 9.83. The van der Waals surface area contributed by atoms with E-state index < -0.39 is 6.10 Å². The van der Waals surface area contributed by atoms with Gasteiger partial charge in [0.2, 0.25) is 0 Å². The Bertz CT molecular complexity index is 550. The molecule has 0 saturated heterocycles. The minimum Gasteiger partial charge on any atom is -0.495 e. The van der Waals surface area contributed by atoms with Crippen LogP contribution in [0.1, 0.15) is 17.4 Å². The van der Waals surface area contributed by atoms with Gasteiger partial charge in [0.25, 0.3) is 0 Å². The molecule has 0 aliphatic carbocycles. The molecule has 6 nitrogen and oxygen atoms in total. The number of methoxy groups -OCH3 is 1. The molecule has 2 heterocycles. The molecule has 17 heavy (non-hydrogen) atoms. The van der Waals surface area contributed by atoms with Gasteiger partial charge in [0.1, 0.15) is 5.75 Å². The SMILES string of the molecule is COc1c(C(O)CN)cnc2c1c(C)nn2C. The molecule has 92 valence electrons. The van der Waals surface area contributed by atoms with Gasteiger partial charge in [0, 0.05) is 25.4 Å². The molecule has 3 N–H and O–H groups in total. The largest absolute Gasteiger partial charge is 0.495 e. The van der Waals surface area contributed by atoms with Crippen molar-refractivity contribution in [2.45, 2.75) is 13.0 Å². The summed E-state index contributed by atoms with van der Waals surface area (Å²) in [5, 5.41) is 14.9. The van der Waals surface area contributed by atoms with Crippen LogP contribution in [-0.2, 0) is 7.05 Å². The molecule has 0 aliphatic rings. The minimum atomic E-state index is -0.776. The van der Waals surface area contributed by atoms with Crippen LogP contribution in [0.4, 0.5) is 0 Å². The highest BCUT2D eigenvalue weighted by molar-refractivity contribution is 5.86. The van der Waals surface area contributed by atoms with Gasteiger partial charge in [-0.25, -0.2) is 4.98 Å². The molecule has 0 amide bonds. The fraction of sp³-hybridized carbons (Fsp3) is 0.455. The van der Waals surface area contributed by atoms with E-state index >= 15 is 0 Å². The molecular formula is C11H16N4O2. The first-order chi connectivity index (χ1) is 8.10. The Morgan fingerprint density at radius 3 is 2.88 bits per heavy atom. The summed E-state index contributed by atoms with van der Waals surface area (Å²) in [6, 6.07) is 0. The highest BCUT2D eigenvalue weighted by atomic mass is 16.5. The molecule has 0 spiro atoms. The number of nitrogens with two attached hydrogens (primary N) is 1. The number of aliphatic hydroxyl groups excluding tert-OH is 1. The van der Waals surface area contributed by atoms with Crippen LogP contribution >= 0.6 is 0 Å². The maximum absolute atomic E-state index is 9.83. The van der Waals surface area contributed by atoms with Crippen molar-refractivity contribution >= 4 is 11.0 Å². The maximum Gasteiger partial charge on any atom is 0.161 e. The van der Waals surface area contributed by atoms with Crippen molar-refractivity contribution in [2.24, 2.45) is 12.8 Å². The molecule has 0 saturated carbocycles. The summed E-state index contributed by atoms with van der Waals surface area (Å²) in [6.45, 7) is 2.01. The zero-order valence-corrected chi connectivity index (χ0v) is 10.1. The van der Waals surface area contributed by atoms with E-state index in [9.17, 15) is 5.11 Å². The van der Waals surface area contributed by atoms with E-state index in [1.54, 1.807) is 18.0 Å². The van der Waals surface area contributed by atoms with Gasteiger partial charge in [-0.2, -0.15) is 5.10 Å². The molecule has 2 aromatic heterocycles. The van der Waals surface area contributed by atoms with Crippen molar-refractivity contribution in [1.29, 1.82) is 0 Å². The van der Waals surface area contributed by atoms with E-state index in [2.05, 4.69) is 10.1 Å². The number of pyridine rings is 1. The third-order valence-electron chi connectivity index (χ3n) is 2.79. The van der Waals surface area contributed by atoms with E-state index in [0.29, 0.717) is 11.3 Å². The molecule has 0 aromatic carbocycles. The zero-order valence-electron chi connectivity index (χ0n) is 10.1. The summed E-state index contributed by atoms with van der Waals surface area (Å²) in [4.78, 5) is 4.28. The number of aryl methyl sites for hydroxylation is 2. The van der Waals surface area contributed by atoms with Crippen LogP contribution in [0, 0.1) is 6.92 Å². The molecule has 1 unspecified atom stereocenters. The second-order valence-electron chi connectivity index (χ2n) is 3.91. The van der Waals surface area contributed by atoms with E-state index in [4.69, 9.17) is 10.5 Å². The van der Waals surface area contributed by atoms with Gasteiger partial charge in [0.05, 0.1) is 24.3 Å². The third kappa shape index (κ3) is 1.75. The van der Waals surface area contributed by atoms with Gasteiger partial charge in [-0.15, -0.1) is 0 Å². The second kappa shape index (κ2) is 4.31. The van der Waals surface area contributed by atoms with Gasteiger partial charge in [-0.1, -0.05) is 0 Å². The number of hydrogen-bond acceptors (Lipinski definition) is 5. The summed E-state index contributed by atoms with van der Waals surface area (Å²) in [5.41, 5.74) is 7.60. The van der Waals surface area contributed by atoms with Crippen LogP contribution < -0.4 is 10.5 Å². The normalized spacial score (nSPS) is 13.0. The third-order valence-corrected chi connectivity index (χ3v) is 2.79. The van der Waals surface area contributed by atoms with Crippen molar-refractivity contribution in [3.05, 3.63) is 17.5 Å². The molecule has 0 aliphatic heterocycles. The lowest BCUT2D eigenvalue weighted by molar-refractivity contribution is 0.182. The topological polar surface area (TPSA) is 86.2 Å². The molecule has 1 atom stereocenters. The van der Waals surface area contributed by atoms with Gasteiger partial charge in [0.15, 0.2) is 5.65 Å². The highest BCUT2D eigenvalue weighted by Gasteiger charge is 2.19. The van der Waals surface area contributed by atoms with Crippen molar-refractivity contribution in [1.82, 2.24) is 14.8 Å². The Hall–Kier alpha value is -1.66. The van der Waals surface area contributed by atoms with Crippen molar-refractivity contribution in [3.8, 4) is 5.75 Å². The number of ether oxygens (including phenoxy) is 1. The van der Waals surface area contributed by atoms with E-state index in [1.165, 1.54) is 0 Å². The average molecular weight is 236 g/mol. The molecule has 2 rings (SSSR count). The van der Waals surface area contributed by atoms with E-state index in [-0.39, 0.29) is 6.54 Å². The molecule has 0 fully saturated rings. The van der Waals surface area contributed by atoms with Crippen molar-refractivity contribution in [3.63, 3.8) is 0 Å². The lowest BCUT2D eigenvalue weighted by Gasteiger charge is -2.13. The molecule has 0 radical (unpaired) electrons. The molecular weight excluding hydrogens is 220 g/mol. The summed E-state index contributed by atoms with van der Waals surface area (Å²) in [7, 11) is 3.38. The number of fused-ring (bicyclic) bond motifs is 1. The fourth-order valence-corrected chi connectivity index (χ4v) is 1.98. The van der Waals surface area contributed by atoms with E-state index in [0.717, 1.165) is 16.7 Å². The Morgan fingerprint density at radius 2 is 2.29 bits per heavy atom. The lowest BCUT2D eigenvalue weighted by atomic mass is 10.1. The Balaban J connectivity index is 2.77. The van der Waals surface area contributed by atoms with Crippen LogP contribution in [0.3, 0.4) is 0 Å². The number of rotatable bonds is 3. The first kappa shape index (κ1) is 11.8. The summed E-state index contributed by atoms with van der Waals surface area (Å²) in [6.07, 6.45) is 0.807. The summed E-state index contributed by atoms with van der Waals surface area (Å²) < 4.78 is 7.05. The quantitative estimate of drug-likeness (QED) is 0.799. The Labute approximate surface area is 99.0 Å². The second-order valence-corrected chi connectivity index (χ2v) is 3.91. The predicted molar refractivity (Wildman–Crippen MR) is 63.8 cm³/mol. The average Bonchev–Trinajstić information content (AvgIpc) is 2.63.